The van der Waals surface area contributed by atoms with Crippen molar-refractivity contribution in [3.63, 3.8) is 0 Å². The summed E-state index contributed by atoms with van der Waals surface area (Å²) < 4.78 is 4.13. The molecule has 0 amide bonds. The van der Waals surface area contributed by atoms with Crippen molar-refractivity contribution in [2.75, 3.05) is 0 Å². The van der Waals surface area contributed by atoms with Crippen molar-refractivity contribution in [2.45, 2.75) is 19.3 Å². The van der Waals surface area contributed by atoms with Crippen LogP contribution in [0.15, 0.2) is 39.6 Å². The number of fused-ring (bicyclic) bond motifs is 1. The van der Waals surface area contributed by atoms with E-state index in [4.69, 9.17) is 0 Å². The van der Waals surface area contributed by atoms with Crippen molar-refractivity contribution in [1.82, 2.24) is 0 Å². The molecule has 0 aromatic heterocycles. The van der Waals surface area contributed by atoms with Crippen LogP contribution in [-0.4, -0.2) is 17.8 Å². The number of Topliss-reactive ketones (excluding diaryl/α,β-unsaturated/α-hetero) is 2. The lowest BCUT2D eigenvalue weighted by atomic mass is 9.97. The summed E-state index contributed by atoms with van der Waals surface area (Å²) in [5, 5.41) is 0. The highest BCUT2D eigenvalue weighted by Gasteiger charge is 2.37. The zero-order chi connectivity index (χ0) is 13.2. The van der Waals surface area contributed by atoms with Gasteiger partial charge in [-0.05, 0) is 12.8 Å². The van der Waals surface area contributed by atoms with Gasteiger partial charge < -0.3 is 0 Å². The van der Waals surface area contributed by atoms with Crippen molar-refractivity contribution in [2.24, 2.45) is 10.3 Å². The van der Waals surface area contributed by atoms with E-state index in [9.17, 15) is 9.59 Å². The number of ketones is 2. The first-order valence-electron chi connectivity index (χ1n) is 6.32. The Morgan fingerprint density at radius 2 is 1.84 bits per heavy atom. The monoisotopic (exact) mass is 271 g/mol. The number of hydrogen-bond acceptors (Lipinski definition) is 4. The summed E-state index contributed by atoms with van der Waals surface area (Å²) in [5.41, 5.74) is 1.17. The number of benzene rings is 1. The van der Waals surface area contributed by atoms with Gasteiger partial charge in [0.2, 0.25) is 0 Å². The molecule has 0 fully saturated rings. The predicted molar refractivity (Wildman–Crippen MR) is 76.6 cm³/mol. The quantitative estimate of drug-likeness (QED) is 0.624. The van der Waals surface area contributed by atoms with Crippen molar-refractivity contribution in [3.8, 4) is 0 Å². The number of allylic oxidation sites excluding steroid dienone is 2. The van der Waals surface area contributed by atoms with Crippen LogP contribution in [0.1, 0.15) is 40.0 Å². The van der Waals surface area contributed by atoms with E-state index < -0.39 is 5.92 Å². The van der Waals surface area contributed by atoms with Gasteiger partial charge in [-0.2, -0.15) is 0 Å². The van der Waals surface area contributed by atoms with E-state index in [0.29, 0.717) is 17.5 Å². The summed E-state index contributed by atoms with van der Waals surface area (Å²) in [6, 6.07) is 7.10. The first kappa shape index (κ1) is 12.4. The Morgan fingerprint density at radius 1 is 1.16 bits per heavy atom. The molecular formula is C15H13NO2S. The second-order valence-electron chi connectivity index (χ2n) is 4.65. The topological polar surface area (TPSA) is 46.5 Å². The van der Waals surface area contributed by atoms with Gasteiger partial charge in [0.05, 0.1) is 5.92 Å². The largest absolute Gasteiger partial charge is 0.293 e. The van der Waals surface area contributed by atoms with Gasteiger partial charge in [-0.3, -0.25) is 9.59 Å². The van der Waals surface area contributed by atoms with Gasteiger partial charge in [0.1, 0.15) is 0 Å². The zero-order valence-corrected chi connectivity index (χ0v) is 11.2. The lowest BCUT2D eigenvalue weighted by Crippen LogP contribution is -2.15. The van der Waals surface area contributed by atoms with Gasteiger partial charge in [0.25, 0.3) is 0 Å². The summed E-state index contributed by atoms with van der Waals surface area (Å²) >= 11 is 1.44. The Kier molecular flexibility index (Phi) is 3.34. The Bertz CT molecular complexity index is 569. The van der Waals surface area contributed by atoms with Crippen molar-refractivity contribution in [3.05, 3.63) is 46.4 Å². The third-order valence-corrected chi connectivity index (χ3v) is 4.33. The van der Waals surface area contributed by atoms with Gasteiger partial charge in [-0.15, -0.1) is 0 Å². The van der Waals surface area contributed by atoms with E-state index in [-0.39, 0.29) is 11.6 Å². The van der Waals surface area contributed by atoms with E-state index in [1.807, 2.05) is 6.21 Å². The fourth-order valence-electron chi connectivity index (χ4n) is 2.47. The number of carbonyl (C=O) groups is 2. The summed E-state index contributed by atoms with van der Waals surface area (Å²) in [7, 11) is 0. The second kappa shape index (κ2) is 5.13. The molecule has 0 N–H and O–H groups in total. The van der Waals surface area contributed by atoms with E-state index in [2.05, 4.69) is 10.5 Å². The highest BCUT2D eigenvalue weighted by atomic mass is 32.2. The molecule has 3 nitrogen and oxygen atoms in total. The first-order chi connectivity index (χ1) is 9.27. The van der Waals surface area contributed by atoms with Crippen LogP contribution in [0.5, 0.6) is 0 Å². The van der Waals surface area contributed by atoms with E-state index >= 15 is 0 Å². The van der Waals surface area contributed by atoms with Crippen LogP contribution in [0, 0.1) is 5.92 Å². The molecule has 0 bridgehead atoms. The number of rotatable bonds is 3. The number of nitrogens with zero attached hydrogens (tertiary/aromatic N) is 1. The van der Waals surface area contributed by atoms with E-state index in [0.717, 1.165) is 17.7 Å². The Morgan fingerprint density at radius 3 is 2.42 bits per heavy atom. The molecule has 0 radical (unpaired) electrons. The van der Waals surface area contributed by atoms with Crippen LogP contribution in [-0.2, 0) is 0 Å². The lowest BCUT2D eigenvalue weighted by Gasteiger charge is -2.09. The SMILES string of the molecule is O=C1c2ccccc2C(=O)C1CCC1=CCC=NS1. The Hall–Kier alpha value is -1.68. The molecule has 1 heterocycles. The summed E-state index contributed by atoms with van der Waals surface area (Å²) in [6.45, 7) is 0. The summed E-state index contributed by atoms with van der Waals surface area (Å²) in [6.07, 6.45) is 6.14. The highest BCUT2D eigenvalue weighted by molar-refractivity contribution is 8.02. The van der Waals surface area contributed by atoms with Gasteiger partial charge in [-0.1, -0.05) is 30.3 Å². The highest BCUT2D eigenvalue weighted by Crippen LogP contribution is 2.33. The fraction of sp³-hybridized carbons (Fsp3) is 0.267. The van der Waals surface area contributed by atoms with Crippen molar-refractivity contribution < 1.29 is 9.59 Å². The second-order valence-corrected chi connectivity index (χ2v) is 5.57. The molecule has 1 aliphatic carbocycles. The molecule has 0 unspecified atom stereocenters. The van der Waals surface area contributed by atoms with Gasteiger partial charge >= 0.3 is 0 Å². The van der Waals surface area contributed by atoms with E-state index in [1.54, 1.807) is 24.3 Å². The van der Waals surface area contributed by atoms with Gasteiger partial charge in [-0.25, -0.2) is 4.40 Å². The molecule has 1 aromatic carbocycles. The van der Waals surface area contributed by atoms with Gasteiger partial charge in [0.15, 0.2) is 11.6 Å². The predicted octanol–water partition coefficient (Wildman–Crippen LogP) is 3.47. The minimum absolute atomic E-state index is 0.0227. The minimum Gasteiger partial charge on any atom is -0.293 e. The average molecular weight is 271 g/mol. The normalized spacial score (nSPS) is 18.6. The molecule has 96 valence electrons. The lowest BCUT2D eigenvalue weighted by molar-refractivity contribution is 0.0832. The number of carbonyl (C=O) groups excluding carboxylic acids is 2. The Balaban J connectivity index is 1.72. The summed E-state index contributed by atoms with van der Waals surface area (Å²) in [4.78, 5) is 25.6. The zero-order valence-electron chi connectivity index (χ0n) is 10.3. The molecule has 1 aliphatic heterocycles. The molecule has 0 saturated heterocycles. The molecule has 2 aliphatic rings. The molecule has 19 heavy (non-hydrogen) atoms. The van der Waals surface area contributed by atoms with Crippen LogP contribution < -0.4 is 0 Å². The molecule has 3 rings (SSSR count). The third-order valence-electron chi connectivity index (χ3n) is 3.47. The fourth-order valence-corrected chi connectivity index (χ4v) is 3.15. The van der Waals surface area contributed by atoms with Crippen LogP contribution in [0.4, 0.5) is 0 Å². The molecule has 0 saturated carbocycles. The van der Waals surface area contributed by atoms with Crippen LogP contribution in [0.2, 0.25) is 0 Å². The third kappa shape index (κ3) is 2.28. The van der Waals surface area contributed by atoms with Crippen LogP contribution >= 0.6 is 11.9 Å². The molecule has 4 heteroatoms. The van der Waals surface area contributed by atoms with Crippen LogP contribution in [0.3, 0.4) is 0 Å². The number of hydrogen-bond donors (Lipinski definition) is 0. The maximum absolute atomic E-state index is 12.2. The molecule has 0 atom stereocenters. The Labute approximate surface area is 115 Å². The molecule has 0 spiro atoms. The maximum Gasteiger partial charge on any atom is 0.174 e. The van der Waals surface area contributed by atoms with Gasteiger partial charge in [0, 0.05) is 40.6 Å². The molecule has 1 aromatic rings. The van der Waals surface area contributed by atoms with Crippen LogP contribution in [0.25, 0.3) is 0 Å². The standard InChI is InChI=1S/C15H13NO2S/c17-14-11-5-1-2-6-12(11)15(18)13(14)8-7-10-4-3-9-16-19-10/h1-2,4-6,9,13H,3,7-8H2. The first-order valence-corrected chi connectivity index (χ1v) is 7.10. The maximum atomic E-state index is 12.2. The molecular weight excluding hydrogens is 258 g/mol. The minimum atomic E-state index is -0.496. The van der Waals surface area contributed by atoms with Crippen molar-refractivity contribution >= 4 is 29.7 Å². The average Bonchev–Trinajstić information content (AvgIpc) is 2.71. The van der Waals surface area contributed by atoms with E-state index in [1.165, 1.54) is 11.9 Å². The van der Waals surface area contributed by atoms with Crippen molar-refractivity contribution in [1.29, 1.82) is 0 Å². The smallest absolute Gasteiger partial charge is 0.174 e. The summed E-state index contributed by atoms with van der Waals surface area (Å²) in [5.74, 6) is -0.541.